The van der Waals surface area contributed by atoms with Gasteiger partial charge in [-0.15, -0.1) is 0 Å². The summed E-state index contributed by atoms with van der Waals surface area (Å²) in [5.41, 5.74) is 4.23. The molecule has 0 amide bonds. The van der Waals surface area contributed by atoms with Crippen LogP contribution in [-0.4, -0.2) is 12.6 Å². The molecule has 2 atom stereocenters. The van der Waals surface area contributed by atoms with Crippen molar-refractivity contribution in [3.63, 3.8) is 0 Å². The van der Waals surface area contributed by atoms with Crippen LogP contribution in [-0.2, 0) is 6.42 Å². The van der Waals surface area contributed by atoms with Crippen molar-refractivity contribution < 1.29 is 0 Å². The molecule has 0 saturated carbocycles. The first-order chi connectivity index (χ1) is 8.55. The van der Waals surface area contributed by atoms with E-state index in [2.05, 4.69) is 58.1 Å². The second kappa shape index (κ2) is 7.58. The lowest BCUT2D eigenvalue weighted by Crippen LogP contribution is -2.32. The molecule has 0 saturated heterocycles. The molecule has 1 rings (SSSR count). The lowest BCUT2D eigenvalue weighted by molar-refractivity contribution is 0.397. The lowest BCUT2D eigenvalue weighted by Gasteiger charge is -2.21. The molecule has 0 fully saturated rings. The zero-order valence-electron chi connectivity index (χ0n) is 12.7. The lowest BCUT2D eigenvalue weighted by atomic mass is 9.93. The fourth-order valence-corrected chi connectivity index (χ4v) is 2.65. The standard InChI is InChI=1S/C17H29N/c1-6-13(3)11-17(18-7-2)12-16-9-14(4)8-15(5)10-16/h8-10,13,17-18H,6-7,11-12H2,1-5H3. The molecule has 0 bridgehead atoms. The summed E-state index contributed by atoms with van der Waals surface area (Å²) in [6.07, 6.45) is 3.70. The van der Waals surface area contributed by atoms with Crippen molar-refractivity contribution in [2.24, 2.45) is 5.92 Å². The van der Waals surface area contributed by atoms with Crippen LogP contribution in [0.2, 0.25) is 0 Å². The summed E-state index contributed by atoms with van der Waals surface area (Å²) in [7, 11) is 0. The van der Waals surface area contributed by atoms with E-state index in [1.54, 1.807) is 0 Å². The van der Waals surface area contributed by atoms with Gasteiger partial charge in [-0.05, 0) is 44.7 Å². The molecule has 1 aromatic rings. The summed E-state index contributed by atoms with van der Waals surface area (Å²) in [5.74, 6) is 0.806. The number of likely N-dealkylation sites (N-methyl/N-ethyl adjacent to an activating group) is 1. The van der Waals surface area contributed by atoms with Crippen LogP contribution < -0.4 is 5.32 Å². The van der Waals surface area contributed by atoms with Crippen molar-refractivity contribution in [1.82, 2.24) is 5.32 Å². The minimum atomic E-state index is 0.617. The number of hydrogen-bond acceptors (Lipinski definition) is 1. The van der Waals surface area contributed by atoms with Crippen molar-refractivity contribution in [3.05, 3.63) is 34.9 Å². The van der Waals surface area contributed by atoms with Gasteiger partial charge in [-0.3, -0.25) is 0 Å². The summed E-state index contributed by atoms with van der Waals surface area (Å²) in [6, 6.07) is 7.52. The third kappa shape index (κ3) is 5.22. The molecule has 0 aliphatic carbocycles. The molecule has 0 aliphatic rings. The van der Waals surface area contributed by atoms with Crippen LogP contribution in [0.1, 0.15) is 50.3 Å². The van der Waals surface area contributed by atoms with Crippen LogP contribution in [0.3, 0.4) is 0 Å². The Morgan fingerprint density at radius 1 is 1.06 bits per heavy atom. The van der Waals surface area contributed by atoms with Crippen LogP contribution in [0.4, 0.5) is 0 Å². The summed E-state index contributed by atoms with van der Waals surface area (Å²) in [4.78, 5) is 0. The molecule has 1 aromatic carbocycles. The van der Waals surface area contributed by atoms with Gasteiger partial charge >= 0.3 is 0 Å². The van der Waals surface area contributed by atoms with E-state index in [1.165, 1.54) is 29.5 Å². The second-order valence-corrected chi connectivity index (χ2v) is 5.70. The highest BCUT2D eigenvalue weighted by Gasteiger charge is 2.12. The molecule has 0 aliphatic heterocycles. The molecule has 18 heavy (non-hydrogen) atoms. The summed E-state index contributed by atoms with van der Waals surface area (Å²) in [6.45, 7) is 12.3. The van der Waals surface area contributed by atoms with E-state index < -0.39 is 0 Å². The van der Waals surface area contributed by atoms with E-state index >= 15 is 0 Å². The van der Waals surface area contributed by atoms with E-state index in [0.717, 1.165) is 18.9 Å². The first kappa shape index (κ1) is 15.2. The van der Waals surface area contributed by atoms with Crippen LogP contribution in [0.25, 0.3) is 0 Å². The van der Waals surface area contributed by atoms with Crippen LogP contribution in [0.15, 0.2) is 18.2 Å². The Bertz CT molecular complexity index is 336. The van der Waals surface area contributed by atoms with E-state index in [0.29, 0.717) is 6.04 Å². The van der Waals surface area contributed by atoms with E-state index in [-0.39, 0.29) is 0 Å². The van der Waals surface area contributed by atoms with Crippen molar-refractivity contribution in [2.75, 3.05) is 6.54 Å². The number of nitrogens with one attached hydrogen (secondary N) is 1. The van der Waals surface area contributed by atoms with Crippen molar-refractivity contribution in [1.29, 1.82) is 0 Å². The average Bonchev–Trinajstić information content (AvgIpc) is 2.27. The van der Waals surface area contributed by atoms with E-state index in [9.17, 15) is 0 Å². The zero-order chi connectivity index (χ0) is 13.5. The van der Waals surface area contributed by atoms with Gasteiger partial charge in [0, 0.05) is 6.04 Å². The maximum Gasteiger partial charge on any atom is 0.0110 e. The minimum Gasteiger partial charge on any atom is -0.314 e. The smallest absolute Gasteiger partial charge is 0.0110 e. The van der Waals surface area contributed by atoms with Gasteiger partial charge in [0.1, 0.15) is 0 Å². The predicted molar refractivity (Wildman–Crippen MR) is 81.2 cm³/mol. The number of benzene rings is 1. The topological polar surface area (TPSA) is 12.0 Å². The number of aryl methyl sites for hydroxylation is 2. The fourth-order valence-electron chi connectivity index (χ4n) is 2.65. The third-order valence-electron chi connectivity index (χ3n) is 3.64. The summed E-state index contributed by atoms with van der Waals surface area (Å²) in [5, 5.41) is 3.64. The molecule has 102 valence electrons. The molecule has 0 radical (unpaired) electrons. The van der Waals surface area contributed by atoms with Gasteiger partial charge in [0.2, 0.25) is 0 Å². The van der Waals surface area contributed by atoms with Gasteiger partial charge in [0.15, 0.2) is 0 Å². The number of rotatable bonds is 7. The van der Waals surface area contributed by atoms with E-state index in [1.807, 2.05) is 0 Å². The van der Waals surface area contributed by atoms with Gasteiger partial charge in [-0.25, -0.2) is 0 Å². The largest absolute Gasteiger partial charge is 0.314 e. The van der Waals surface area contributed by atoms with Gasteiger partial charge < -0.3 is 5.32 Å². The summed E-state index contributed by atoms with van der Waals surface area (Å²) >= 11 is 0. The maximum absolute atomic E-state index is 3.64. The van der Waals surface area contributed by atoms with Crippen LogP contribution in [0, 0.1) is 19.8 Å². The van der Waals surface area contributed by atoms with Gasteiger partial charge in [-0.2, -0.15) is 0 Å². The highest BCUT2D eigenvalue weighted by atomic mass is 14.9. The fraction of sp³-hybridized carbons (Fsp3) is 0.647. The molecule has 0 spiro atoms. The minimum absolute atomic E-state index is 0.617. The Morgan fingerprint density at radius 2 is 1.67 bits per heavy atom. The predicted octanol–water partition coefficient (Wildman–Crippen LogP) is 4.26. The molecule has 1 N–H and O–H groups in total. The SMILES string of the molecule is CCNC(Cc1cc(C)cc(C)c1)CC(C)CC. The first-order valence-corrected chi connectivity index (χ1v) is 7.35. The summed E-state index contributed by atoms with van der Waals surface area (Å²) < 4.78 is 0. The zero-order valence-corrected chi connectivity index (χ0v) is 12.7. The van der Waals surface area contributed by atoms with Crippen LogP contribution >= 0.6 is 0 Å². The van der Waals surface area contributed by atoms with Crippen molar-refractivity contribution in [3.8, 4) is 0 Å². The molecular weight excluding hydrogens is 218 g/mol. The number of hydrogen-bond donors (Lipinski definition) is 1. The van der Waals surface area contributed by atoms with Crippen LogP contribution in [0.5, 0.6) is 0 Å². The Morgan fingerprint density at radius 3 is 2.17 bits per heavy atom. The molecule has 0 heterocycles. The normalized spacial score (nSPS) is 14.5. The Hall–Kier alpha value is -0.820. The molecule has 0 aromatic heterocycles. The second-order valence-electron chi connectivity index (χ2n) is 5.70. The molecule has 1 nitrogen and oxygen atoms in total. The van der Waals surface area contributed by atoms with Gasteiger partial charge in [-0.1, -0.05) is 56.5 Å². The third-order valence-corrected chi connectivity index (χ3v) is 3.64. The molecule has 2 unspecified atom stereocenters. The quantitative estimate of drug-likeness (QED) is 0.759. The average molecular weight is 247 g/mol. The Balaban J connectivity index is 2.69. The monoisotopic (exact) mass is 247 g/mol. The molecular formula is C17H29N. The first-order valence-electron chi connectivity index (χ1n) is 7.35. The maximum atomic E-state index is 3.64. The highest BCUT2D eigenvalue weighted by Crippen LogP contribution is 2.16. The Kier molecular flexibility index (Phi) is 6.42. The Labute approximate surface area is 113 Å². The van der Waals surface area contributed by atoms with Crippen molar-refractivity contribution >= 4 is 0 Å². The van der Waals surface area contributed by atoms with Crippen molar-refractivity contribution in [2.45, 2.75) is 59.9 Å². The van der Waals surface area contributed by atoms with Gasteiger partial charge in [0.05, 0.1) is 0 Å². The highest BCUT2D eigenvalue weighted by molar-refractivity contribution is 5.29. The molecule has 1 heteroatoms. The van der Waals surface area contributed by atoms with E-state index in [4.69, 9.17) is 0 Å². The van der Waals surface area contributed by atoms with Gasteiger partial charge in [0.25, 0.3) is 0 Å².